The number of halogens is 3. The van der Waals surface area contributed by atoms with E-state index in [1.165, 1.54) is 10.7 Å². The number of hydrogen-bond acceptors (Lipinski definition) is 6. The van der Waals surface area contributed by atoms with Crippen molar-refractivity contribution in [2.75, 3.05) is 5.73 Å². The lowest BCUT2D eigenvalue weighted by atomic mass is 10.1. The van der Waals surface area contributed by atoms with Crippen LogP contribution in [0.15, 0.2) is 61.2 Å². The predicted octanol–water partition coefficient (Wildman–Crippen LogP) is 3.84. The molecule has 0 bridgehead atoms. The molecule has 2 N–H and O–H groups in total. The summed E-state index contributed by atoms with van der Waals surface area (Å²) in [6, 6.07) is 8.43. The van der Waals surface area contributed by atoms with Gasteiger partial charge >= 0.3 is 0 Å². The molecule has 0 radical (unpaired) electrons. The predicted molar refractivity (Wildman–Crippen MR) is 111 cm³/mol. The molecule has 5 aromatic rings. The molecule has 0 aliphatic heterocycles. The second-order valence-corrected chi connectivity index (χ2v) is 6.96. The molecule has 0 saturated heterocycles. The van der Waals surface area contributed by atoms with E-state index in [0.29, 0.717) is 22.8 Å². The lowest BCUT2D eigenvalue weighted by molar-refractivity contribution is 0.486. The van der Waals surface area contributed by atoms with Gasteiger partial charge in [-0.3, -0.25) is 4.98 Å². The number of nitrogens with zero attached hydrogens (tertiary/aromatic N) is 6. The molecule has 10 heteroatoms. The van der Waals surface area contributed by atoms with Gasteiger partial charge in [-0.05, 0) is 35.9 Å². The molecule has 0 fully saturated rings. The molecule has 158 valence electrons. The third-order valence-corrected chi connectivity index (χ3v) is 4.92. The topological polar surface area (TPSA) is 94.9 Å². The molecule has 0 spiro atoms. The summed E-state index contributed by atoms with van der Waals surface area (Å²) in [5, 5.41) is 4.24. The maximum absolute atomic E-state index is 14.2. The Morgan fingerprint density at radius 2 is 1.78 bits per heavy atom. The maximum atomic E-state index is 14.2. The standard InChI is InChI=1S/C22H14F3N7/c23-14-8-13(19(25)16(24)10-14)9-18-30-20(17-2-1-5-29-32(17)18)22-28-11-15(21(26)31-22)12-3-6-27-7-4-12/h1-8,10-11H,9H2,(H2,26,28,31). The van der Waals surface area contributed by atoms with Crippen LogP contribution in [0, 0.1) is 17.5 Å². The number of anilines is 1. The highest BCUT2D eigenvalue weighted by molar-refractivity contribution is 5.77. The van der Waals surface area contributed by atoms with E-state index >= 15 is 0 Å². The van der Waals surface area contributed by atoms with Crippen LogP contribution in [0.3, 0.4) is 0 Å². The van der Waals surface area contributed by atoms with E-state index in [-0.39, 0.29) is 29.5 Å². The molecule has 5 rings (SSSR count). The van der Waals surface area contributed by atoms with E-state index in [0.717, 1.165) is 11.6 Å². The van der Waals surface area contributed by atoms with Gasteiger partial charge in [-0.15, -0.1) is 0 Å². The van der Waals surface area contributed by atoms with Crippen molar-refractivity contribution in [1.29, 1.82) is 0 Å². The zero-order chi connectivity index (χ0) is 22.2. The molecule has 0 unspecified atom stereocenters. The first-order valence-electron chi connectivity index (χ1n) is 9.50. The summed E-state index contributed by atoms with van der Waals surface area (Å²) in [6.45, 7) is 0. The largest absolute Gasteiger partial charge is 0.383 e. The number of aromatic nitrogens is 6. The number of fused-ring (bicyclic) bond motifs is 1. The fourth-order valence-corrected chi connectivity index (χ4v) is 3.44. The van der Waals surface area contributed by atoms with Crippen LogP contribution < -0.4 is 5.73 Å². The number of rotatable bonds is 4. The van der Waals surface area contributed by atoms with Crippen molar-refractivity contribution in [3.8, 4) is 22.6 Å². The van der Waals surface area contributed by atoms with Crippen LogP contribution in [-0.4, -0.2) is 29.5 Å². The lowest BCUT2D eigenvalue weighted by Gasteiger charge is -2.05. The van der Waals surface area contributed by atoms with Gasteiger partial charge in [0.15, 0.2) is 17.5 Å². The van der Waals surface area contributed by atoms with Crippen molar-refractivity contribution in [1.82, 2.24) is 29.5 Å². The van der Waals surface area contributed by atoms with Crippen LogP contribution in [-0.2, 0) is 6.42 Å². The van der Waals surface area contributed by atoms with Gasteiger partial charge in [0.2, 0.25) is 0 Å². The second kappa shape index (κ2) is 7.73. The van der Waals surface area contributed by atoms with Gasteiger partial charge in [0.1, 0.15) is 23.2 Å². The van der Waals surface area contributed by atoms with Gasteiger partial charge in [0, 0.05) is 48.4 Å². The second-order valence-electron chi connectivity index (χ2n) is 6.96. The molecular formula is C22H14F3N7. The first-order chi connectivity index (χ1) is 15.5. The quantitative estimate of drug-likeness (QED) is 0.433. The highest BCUT2D eigenvalue weighted by atomic mass is 19.2. The third-order valence-electron chi connectivity index (χ3n) is 4.92. The van der Waals surface area contributed by atoms with Gasteiger partial charge in [-0.1, -0.05) is 0 Å². The molecule has 4 heterocycles. The van der Waals surface area contributed by atoms with E-state index in [9.17, 15) is 13.2 Å². The van der Waals surface area contributed by atoms with Crippen LogP contribution in [0.25, 0.3) is 28.2 Å². The summed E-state index contributed by atoms with van der Waals surface area (Å²) in [6.07, 6.45) is 6.18. The monoisotopic (exact) mass is 433 g/mol. The fraction of sp³-hybridized carbons (Fsp3) is 0.0455. The van der Waals surface area contributed by atoms with Crippen molar-refractivity contribution in [3.63, 3.8) is 0 Å². The minimum atomic E-state index is -1.27. The van der Waals surface area contributed by atoms with E-state index < -0.39 is 17.5 Å². The van der Waals surface area contributed by atoms with E-state index in [1.54, 1.807) is 42.9 Å². The molecular weight excluding hydrogens is 419 g/mol. The third kappa shape index (κ3) is 3.41. The minimum Gasteiger partial charge on any atom is -0.383 e. The maximum Gasteiger partial charge on any atom is 0.182 e. The van der Waals surface area contributed by atoms with Crippen LogP contribution in [0.2, 0.25) is 0 Å². The van der Waals surface area contributed by atoms with Gasteiger partial charge in [0.05, 0.1) is 5.52 Å². The molecule has 1 aromatic carbocycles. The van der Waals surface area contributed by atoms with Crippen molar-refractivity contribution >= 4 is 11.3 Å². The Morgan fingerprint density at radius 1 is 0.969 bits per heavy atom. The van der Waals surface area contributed by atoms with Crippen molar-refractivity contribution in [2.45, 2.75) is 6.42 Å². The number of nitrogen functional groups attached to an aromatic ring is 1. The zero-order valence-corrected chi connectivity index (χ0v) is 16.4. The Morgan fingerprint density at radius 3 is 2.56 bits per heavy atom. The molecule has 0 amide bonds. The molecule has 4 aromatic heterocycles. The van der Waals surface area contributed by atoms with Gasteiger partial charge in [-0.25, -0.2) is 32.6 Å². The summed E-state index contributed by atoms with van der Waals surface area (Å²) in [5.74, 6) is -2.54. The Kier molecular flexibility index (Phi) is 4.74. The first kappa shape index (κ1) is 19.6. The lowest BCUT2D eigenvalue weighted by Crippen LogP contribution is -2.03. The van der Waals surface area contributed by atoms with E-state index in [4.69, 9.17) is 5.73 Å². The Hall–Kier alpha value is -4.34. The number of benzene rings is 1. The number of nitrogens with two attached hydrogens (primary N) is 1. The number of imidazole rings is 1. The van der Waals surface area contributed by atoms with Crippen LogP contribution in [0.1, 0.15) is 11.4 Å². The Balaban J connectivity index is 1.60. The number of hydrogen-bond donors (Lipinski definition) is 1. The van der Waals surface area contributed by atoms with E-state index in [2.05, 4.69) is 25.0 Å². The highest BCUT2D eigenvalue weighted by Gasteiger charge is 2.20. The van der Waals surface area contributed by atoms with Gasteiger partial charge < -0.3 is 5.73 Å². The van der Waals surface area contributed by atoms with Crippen LogP contribution in [0.5, 0.6) is 0 Å². The normalized spacial score (nSPS) is 11.2. The summed E-state index contributed by atoms with van der Waals surface area (Å²) in [5.41, 5.74) is 8.33. The molecule has 7 nitrogen and oxygen atoms in total. The van der Waals surface area contributed by atoms with Crippen LogP contribution >= 0.6 is 0 Å². The Labute approximate surface area is 179 Å². The van der Waals surface area contributed by atoms with Crippen molar-refractivity contribution in [3.05, 3.63) is 90.0 Å². The first-order valence-corrected chi connectivity index (χ1v) is 9.50. The average Bonchev–Trinajstić information content (AvgIpc) is 3.16. The molecule has 0 saturated carbocycles. The average molecular weight is 433 g/mol. The van der Waals surface area contributed by atoms with Crippen molar-refractivity contribution < 1.29 is 13.2 Å². The minimum absolute atomic E-state index is 0.180. The van der Waals surface area contributed by atoms with Crippen molar-refractivity contribution in [2.24, 2.45) is 0 Å². The summed E-state index contributed by atoms with van der Waals surface area (Å²) in [4.78, 5) is 17.3. The summed E-state index contributed by atoms with van der Waals surface area (Å²) >= 11 is 0. The van der Waals surface area contributed by atoms with Crippen LogP contribution in [0.4, 0.5) is 19.0 Å². The Bertz CT molecular complexity index is 1450. The fourth-order valence-electron chi connectivity index (χ4n) is 3.44. The SMILES string of the molecule is Nc1nc(-c2nc(Cc3cc(F)cc(F)c3F)n3ncccc23)ncc1-c1ccncc1. The summed E-state index contributed by atoms with van der Waals surface area (Å²) in [7, 11) is 0. The smallest absolute Gasteiger partial charge is 0.182 e. The van der Waals surface area contributed by atoms with E-state index in [1.807, 2.05) is 0 Å². The summed E-state index contributed by atoms with van der Waals surface area (Å²) < 4.78 is 42.9. The zero-order valence-electron chi connectivity index (χ0n) is 16.4. The molecule has 0 atom stereocenters. The molecule has 0 aliphatic rings. The number of pyridine rings is 1. The molecule has 0 aliphatic carbocycles. The molecule has 32 heavy (non-hydrogen) atoms. The van der Waals surface area contributed by atoms with Gasteiger partial charge in [-0.2, -0.15) is 5.10 Å². The highest BCUT2D eigenvalue weighted by Crippen LogP contribution is 2.28. The van der Waals surface area contributed by atoms with Gasteiger partial charge in [0.25, 0.3) is 0 Å².